The van der Waals surface area contributed by atoms with Crippen molar-refractivity contribution >= 4 is 22.6 Å². The van der Waals surface area contributed by atoms with Crippen molar-refractivity contribution in [2.75, 3.05) is 26.2 Å². The van der Waals surface area contributed by atoms with Gasteiger partial charge in [-0.2, -0.15) is 0 Å². The molecule has 4 heteroatoms. The predicted molar refractivity (Wildman–Crippen MR) is 167 cm³/mol. The summed E-state index contributed by atoms with van der Waals surface area (Å²) in [7, 11) is 5.46. The van der Waals surface area contributed by atoms with Gasteiger partial charge in [0, 0.05) is 23.7 Å². The molecule has 4 aromatic rings. The molecule has 1 spiro atoms. The number of methoxy groups -OCH3 is 2. The first-order chi connectivity index (χ1) is 19.8. The van der Waals surface area contributed by atoms with Gasteiger partial charge in [-0.3, -0.25) is 4.79 Å². The fourth-order valence-electron chi connectivity index (χ4n) is 6.90. The van der Waals surface area contributed by atoms with Crippen molar-refractivity contribution in [3.8, 4) is 11.5 Å². The largest absolute Gasteiger partial charge is 0.497 e. The highest BCUT2D eigenvalue weighted by Crippen LogP contribution is 2.60. The lowest BCUT2D eigenvalue weighted by Gasteiger charge is -2.52. The summed E-state index contributed by atoms with van der Waals surface area (Å²) >= 11 is 0. The van der Waals surface area contributed by atoms with Crippen LogP contribution in [0.5, 0.6) is 11.5 Å². The lowest BCUT2D eigenvalue weighted by atomic mass is 9.57. The molecule has 4 aromatic carbocycles. The van der Waals surface area contributed by atoms with Gasteiger partial charge >= 0.3 is 0 Å². The number of allylic oxidation sites excluding steroid dienone is 2. The number of hydrogen-bond donors (Lipinski definition) is 0. The molecule has 0 saturated carbocycles. The number of hydrogen-bond acceptors (Lipinski definition) is 4. The molecule has 1 heterocycles. The van der Waals surface area contributed by atoms with E-state index < -0.39 is 16.9 Å². The zero-order valence-electron chi connectivity index (χ0n) is 24.2. The van der Waals surface area contributed by atoms with Crippen LogP contribution in [0.4, 0.5) is 5.69 Å². The molecule has 2 aliphatic rings. The third kappa shape index (κ3) is 4.09. The number of Topliss-reactive ketones (excluding diaryl/α,β-unsaturated/α-hetero) is 1. The van der Waals surface area contributed by atoms with Crippen LogP contribution in [0.15, 0.2) is 115 Å². The van der Waals surface area contributed by atoms with Gasteiger partial charge in [-0.25, -0.2) is 0 Å². The van der Waals surface area contributed by atoms with Crippen molar-refractivity contribution in [2.45, 2.75) is 24.8 Å². The number of fused-ring (bicyclic) bond motifs is 1. The number of likely N-dealkylation sites (N-methyl/N-ethyl adjacent to an activating group) is 1. The number of benzene rings is 4. The lowest BCUT2D eigenvalue weighted by molar-refractivity contribution is 0.0885. The molecule has 6 rings (SSSR count). The topological polar surface area (TPSA) is 38.8 Å². The molecule has 0 bridgehead atoms. The van der Waals surface area contributed by atoms with E-state index in [9.17, 15) is 4.79 Å². The Labute approximate surface area is 242 Å². The Morgan fingerprint density at radius 2 is 1.32 bits per heavy atom. The maximum atomic E-state index is 14.9. The summed E-state index contributed by atoms with van der Waals surface area (Å²) in [5, 5.41) is 0. The van der Waals surface area contributed by atoms with Gasteiger partial charge in [0.2, 0.25) is 0 Å². The molecule has 4 nitrogen and oxygen atoms in total. The van der Waals surface area contributed by atoms with Crippen molar-refractivity contribution in [2.24, 2.45) is 5.92 Å². The third-order valence-corrected chi connectivity index (χ3v) is 9.10. The summed E-state index contributed by atoms with van der Waals surface area (Å²) in [6.07, 6.45) is 4.55. The Balaban J connectivity index is 1.65. The van der Waals surface area contributed by atoms with Crippen LogP contribution in [-0.2, 0) is 5.41 Å². The van der Waals surface area contributed by atoms with Gasteiger partial charge in [0.25, 0.3) is 0 Å². The Kier molecular flexibility index (Phi) is 6.57. The standard InChI is InChI=1S/C37H35NO3/c1-36(2)32-13-9-10-14-33(32)38(3)37(36)24-28(25-15-19-29(40-4)20-16-25)23-31(26-11-7-6-8-12-26)34(37)35(39)27-17-21-30(41-5)22-18-27/h6-24,34H,1-5H3/t34-,37+/m1/s1. The average Bonchev–Trinajstić information content (AvgIpc) is 3.19. The van der Waals surface area contributed by atoms with Crippen LogP contribution in [0.1, 0.15) is 40.9 Å². The van der Waals surface area contributed by atoms with Crippen LogP contribution in [0.3, 0.4) is 0 Å². The molecule has 1 aliphatic heterocycles. The van der Waals surface area contributed by atoms with Crippen molar-refractivity contribution in [3.05, 3.63) is 138 Å². The second kappa shape index (κ2) is 10.1. The zero-order chi connectivity index (χ0) is 28.8. The fraction of sp³-hybridized carbons (Fsp3) is 0.216. The molecule has 1 aliphatic carbocycles. The number of ketones is 1. The molecule has 41 heavy (non-hydrogen) atoms. The van der Waals surface area contributed by atoms with E-state index in [-0.39, 0.29) is 5.78 Å². The Morgan fingerprint density at radius 3 is 1.93 bits per heavy atom. The van der Waals surface area contributed by atoms with Gasteiger partial charge in [-0.1, -0.05) is 74.5 Å². The second-order valence-corrected chi connectivity index (χ2v) is 11.3. The number of rotatable bonds is 6. The molecule has 2 atom stereocenters. The number of para-hydroxylation sites is 1. The number of carbonyl (C=O) groups excluding carboxylic acids is 1. The number of ether oxygens (including phenoxy) is 2. The van der Waals surface area contributed by atoms with Gasteiger partial charge in [-0.15, -0.1) is 0 Å². The van der Waals surface area contributed by atoms with Crippen molar-refractivity contribution < 1.29 is 14.3 Å². The van der Waals surface area contributed by atoms with Crippen molar-refractivity contribution in [1.82, 2.24) is 0 Å². The summed E-state index contributed by atoms with van der Waals surface area (Å²) in [5.74, 6) is 1.14. The van der Waals surface area contributed by atoms with Crippen LogP contribution >= 0.6 is 0 Å². The maximum absolute atomic E-state index is 14.9. The molecule has 0 unspecified atom stereocenters. The molecule has 206 valence electrons. The van der Waals surface area contributed by atoms with Crippen LogP contribution in [0.2, 0.25) is 0 Å². The monoisotopic (exact) mass is 541 g/mol. The van der Waals surface area contributed by atoms with E-state index in [0.717, 1.165) is 39.5 Å². The smallest absolute Gasteiger partial charge is 0.173 e. The normalized spacial score (nSPS) is 20.7. The fourth-order valence-corrected chi connectivity index (χ4v) is 6.90. The van der Waals surface area contributed by atoms with Crippen LogP contribution < -0.4 is 14.4 Å². The predicted octanol–water partition coefficient (Wildman–Crippen LogP) is 7.85. The van der Waals surface area contributed by atoms with E-state index in [2.05, 4.69) is 86.5 Å². The third-order valence-electron chi connectivity index (χ3n) is 9.10. The first-order valence-corrected chi connectivity index (χ1v) is 14.0. The Morgan fingerprint density at radius 1 is 0.732 bits per heavy atom. The highest BCUT2D eigenvalue weighted by molar-refractivity contribution is 6.10. The zero-order valence-corrected chi connectivity index (χ0v) is 24.2. The second-order valence-electron chi connectivity index (χ2n) is 11.3. The molecule has 0 aromatic heterocycles. The van der Waals surface area contributed by atoms with Crippen molar-refractivity contribution in [3.63, 3.8) is 0 Å². The van der Waals surface area contributed by atoms with E-state index >= 15 is 0 Å². The quantitative estimate of drug-likeness (QED) is 0.233. The van der Waals surface area contributed by atoms with E-state index in [1.54, 1.807) is 14.2 Å². The van der Waals surface area contributed by atoms with Gasteiger partial charge in [-0.05, 0) is 82.5 Å². The van der Waals surface area contributed by atoms with Crippen LogP contribution in [0, 0.1) is 5.92 Å². The summed E-state index contributed by atoms with van der Waals surface area (Å²) in [4.78, 5) is 17.2. The molecule has 0 fully saturated rings. The molecule has 0 amide bonds. The van der Waals surface area contributed by atoms with Gasteiger partial charge in [0.15, 0.2) is 5.78 Å². The molecular formula is C37H35NO3. The molecular weight excluding hydrogens is 506 g/mol. The summed E-state index contributed by atoms with van der Waals surface area (Å²) in [6, 6.07) is 34.6. The van der Waals surface area contributed by atoms with E-state index in [0.29, 0.717) is 5.56 Å². The first-order valence-electron chi connectivity index (χ1n) is 14.0. The average molecular weight is 542 g/mol. The van der Waals surface area contributed by atoms with Crippen LogP contribution in [0.25, 0.3) is 11.1 Å². The Bertz CT molecular complexity index is 1650. The summed E-state index contributed by atoms with van der Waals surface area (Å²) in [6.45, 7) is 4.55. The summed E-state index contributed by atoms with van der Waals surface area (Å²) < 4.78 is 10.9. The number of nitrogens with zero attached hydrogens (tertiary/aromatic N) is 1. The highest BCUT2D eigenvalue weighted by atomic mass is 16.5. The maximum Gasteiger partial charge on any atom is 0.173 e. The number of carbonyl (C=O) groups is 1. The van der Waals surface area contributed by atoms with E-state index in [4.69, 9.17) is 9.47 Å². The minimum Gasteiger partial charge on any atom is -0.497 e. The minimum atomic E-state index is -0.692. The van der Waals surface area contributed by atoms with E-state index in [1.807, 2.05) is 54.6 Å². The lowest BCUT2D eigenvalue weighted by Crippen LogP contribution is -2.61. The van der Waals surface area contributed by atoms with Gasteiger partial charge in [0.1, 0.15) is 11.5 Å². The first kappa shape index (κ1) is 26.6. The van der Waals surface area contributed by atoms with Crippen LogP contribution in [-0.4, -0.2) is 32.6 Å². The minimum absolute atomic E-state index is 0.0838. The molecule has 0 N–H and O–H groups in total. The number of anilines is 1. The van der Waals surface area contributed by atoms with Gasteiger partial charge < -0.3 is 14.4 Å². The van der Waals surface area contributed by atoms with Crippen molar-refractivity contribution in [1.29, 1.82) is 0 Å². The van der Waals surface area contributed by atoms with E-state index in [1.165, 1.54) is 5.56 Å². The Hall–Kier alpha value is -4.57. The SMILES string of the molecule is COc1ccc(C(=O)[C@H]2C(c3ccccc3)=CC(c3ccc(OC)cc3)=C[C@]23N(C)c2ccccc2C3(C)C)cc1. The van der Waals surface area contributed by atoms with Gasteiger partial charge in [0.05, 0.1) is 25.7 Å². The molecule has 0 saturated heterocycles. The highest BCUT2D eigenvalue weighted by Gasteiger charge is 2.62. The summed E-state index contributed by atoms with van der Waals surface area (Å²) in [5.41, 5.74) is 6.15. The molecule has 0 radical (unpaired) electrons.